The summed E-state index contributed by atoms with van der Waals surface area (Å²) in [5.41, 5.74) is 8.94. The highest BCUT2D eigenvalue weighted by Crippen LogP contribution is 2.37. The topological polar surface area (TPSA) is 79.4 Å². The Hall–Kier alpha value is -4.13. The van der Waals surface area contributed by atoms with Crippen LogP contribution in [-0.2, 0) is 0 Å². The van der Waals surface area contributed by atoms with E-state index in [2.05, 4.69) is 5.10 Å². The Morgan fingerprint density at radius 1 is 0.933 bits per heavy atom. The molecule has 3 aromatic carbocycles. The van der Waals surface area contributed by atoms with Crippen LogP contribution in [0.4, 0.5) is 4.39 Å². The van der Waals surface area contributed by atoms with Crippen LogP contribution in [0, 0.1) is 5.82 Å². The first-order valence-corrected chi connectivity index (χ1v) is 9.25. The van der Waals surface area contributed by atoms with Gasteiger partial charge >= 0.3 is 0 Å². The molecule has 0 saturated carbocycles. The Balaban J connectivity index is 1.67. The number of nitrogens with zero attached hydrogens (tertiary/aromatic N) is 2. The summed E-state index contributed by atoms with van der Waals surface area (Å²) in [5.74, 6) is 0.400. The molecule has 1 aliphatic heterocycles. The summed E-state index contributed by atoms with van der Waals surface area (Å²) < 4.78 is 27.0. The zero-order valence-electron chi connectivity index (χ0n) is 15.7. The number of para-hydroxylation sites is 1. The number of nitrogens with two attached hydrogens (primary N) is 1. The standard InChI is InChI=1S/C23H16FN3O3/c24-17-3-1-2-4-19(17)27-20(16-9-10-21-22(11-16)30-13-29-21)12-18(26-27)14-5-7-15(8-6-14)23(25)28/h1-12H,13H2,(H2,25,28). The van der Waals surface area contributed by atoms with E-state index in [0.717, 1.165) is 11.1 Å². The summed E-state index contributed by atoms with van der Waals surface area (Å²) in [4.78, 5) is 11.3. The molecule has 2 heterocycles. The van der Waals surface area contributed by atoms with Crippen molar-refractivity contribution in [1.29, 1.82) is 0 Å². The lowest BCUT2D eigenvalue weighted by atomic mass is 10.1. The van der Waals surface area contributed by atoms with Gasteiger partial charge in [-0.2, -0.15) is 5.10 Å². The lowest BCUT2D eigenvalue weighted by Crippen LogP contribution is -2.10. The fourth-order valence-corrected chi connectivity index (χ4v) is 3.40. The average molecular weight is 401 g/mol. The molecular formula is C23H16FN3O3. The summed E-state index contributed by atoms with van der Waals surface area (Å²) in [6.07, 6.45) is 0. The number of carbonyl (C=O) groups is 1. The minimum Gasteiger partial charge on any atom is -0.454 e. The zero-order valence-corrected chi connectivity index (χ0v) is 15.7. The SMILES string of the molecule is NC(=O)c1ccc(-c2cc(-c3ccc4c(c3)OCO4)n(-c3ccccc3F)n2)cc1. The van der Waals surface area contributed by atoms with Gasteiger partial charge in [-0.1, -0.05) is 24.3 Å². The van der Waals surface area contributed by atoms with Crippen molar-refractivity contribution in [3.05, 3.63) is 84.2 Å². The molecule has 1 aromatic heterocycles. The van der Waals surface area contributed by atoms with Gasteiger partial charge in [-0.3, -0.25) is 4.79 Å². The third kappa shape index (κ3) is 3.06. The van der Waals surface area contributed by atoms with Gasteiger partial charge in [0.15, 0.2) is 11.5 Å². The summed E-state index contributed by atoms with van der Waals surface area (Å²) in [5, 5.41) is 4.64. The van der Waals surface area contributed by atoms with Gasteiger partial charge in [-0.05, 0) is 48.5 Å². The van der Waals surface area contributed by atoms with E-state index in [1.54, 1.807) is 47.1 Å². The second-order valence-corrected chi connectivity index (χ2v) is 6.79. The van der Waals surface area contributed by atoms with Crippen molar-refractivity contribution >= 4 is 5.91 Å². The zero-order chi connectivity index (χ0) is 20.7. The van der Waals surface area contributed by atoms with Crippen LogP contribution < -0.4 is 15.2 Å². The van der Waals surface area contributed by atoms with Crippen molar-refractivity contribution in [3.8, 4) is 39.7 Å². The second-order valence-electron chi connectivity index (χ2n) is 6.79. The molecule has 148 valence electrons. The quantitative estimate of drug-likeness (QED) is 0.557. The summed E-state index contributed by atoms with van der Waals surface area (Å²) in [6.45, 7) is 0.169. The van der Waals surface area contributed by atoms with Crippen LogP contribution in [0.5, 0.6) is 11.5 Å². The van der Waals surface area contributed by atoms with Crippen molar-refractivity contribution in [2.75, 3.05) is 6.79 Å². The van der Waals surface area contributed by atoms with E-state index < -0.39 is 11.7 Å². The van der Waals surface area contributed by atoms with Crippen LogP contribution in [-0.4, -0.2) is 22.5 Å². The fraction of sp³-hybridized carbons (Fsp3) is 0.0435. The minimum atomic E-state index is -0.500. The minimum absolute atomic E-state index is 0.169. The third-order valence-corrected chi connectivity index (χ3v) is 4.92. The van der Waals surface area contributed by atoms with Crippen molar-refractivity contribution < 1.29 is 18.7 Å². The fourth-order valence-electron chi connectivity index (χ4n) is 3.40. The van der Waals surface area contributed by atoms with E-state index >= 15 is 0 Å². The number of aromatic nitrogens is 2. The molecule has 5 rings (SSSR count). The number of hydrogen-bond donors (Lipinski definition) is 1. The van der Waals surface area contributed by atoms with Crippen LogP contribution in [0.25, 0.3) is 28.2 Å². The Morgan fingerprint density at radius 3 is 2.43 bits per heavy atom. The Labute approximate surface area is 171 Å². The van der Waals surface area contributed by atoms with E-state index in [1.807, 2.05) is 24.3 Å². The smallest absolute Gasteiger partial charge is 0.248 e. The molecule has 30 heavy (non-hydrogen) atoms. The van der Waals surface area contributed by atoms with Crippen LogP contribution >= 0.6 is 0 Å². The summed E-state index contributed by atoms with van der Waals surface area (Å²) >= 11 is 0. The number of carbonyl (C=O) groups excluding carboxylic acids is 1. The number of ether oxygens (including phenoxy) is 2. The van der Waals surface area contributed by atoms with Gasteiger partial charge in [0.1, 0.15) is 11.5 Å². The van der Waals surface area contributed by atoms with Gasteiger partial charge in [-0.25, -0.2) is 9.07 Å². The molecular weight excluding hydrogens is 385 g/mol. The molecule has 2 N–H and O–H groups in total. The lowest BCUT2D eigenvalue weighted by Gasteiger charge is -2.09. The molecule has 0 radical (unpaired) electrons. The van der Waals surface area contributed by atoms with Crippen LogP contribution in [0.2, 0.25) is 0 Å². The highest BCUT2D eigenvalue weighted by molar-refractivity contribution is 5.93. The van der Waals surface area contributed by atoms with Crippen molar-refractivity contribution in [2.45, 2.75) is 0 Å². The average Bonchev–Trinajstić information content (AvgIpc) is 3.41. The van der Waals surface area contributed by atoms with Gasteiger partial charge in [-0.15, -0.1) is 0 Å². The molecule has 7 heteroatoms. The van der Waals surface area contributed by atoms with Crippen LogP contribution in [0.15, 0.2) is 72.8 Å². The van der Waals surface area contributed by atoms with E-state index in [1.165, 1.54) is 6.07 Å². The van der Waals surface area contributed by atoms with E-state index in [0.29, 0.717) is 34.1 Å². The van der Waals surface area contributed by atoms with Crippen molar-refractivity contribution in [3.63, 3.8) is 0 Å². The van der Waals surface area contributed by atoms with Gasteiger partial charge in [0.2, 0.25) is 12.7 Å². The molecule has 0 bridgehead atoms. The molecule has 4 aromatic rings. The summed E-state index contributed by atoms with van der Waals surface area (Å²) in [7, 11) is 0. The first-order valence-electron chi connectivity index (χ1n) is 9.25. The molecule has 0 spiro atoms. The Bertz CT molecular complexity index is 1270. The first-order chi connectivity index (χ1) is 14.6. The van der Waals surface area contributed by atoms with Crippen molar-refractivity contribution in [2.24, 2.45) is 5.73 Å². The van der Waals surface area contributed by atoms with Gasteiger partial charge < -0.3 is 15.2 Å². The molecule has 1 aliphatic rings. The largest absolute Gasteiger partial charge is 0.454 e. The maximum absolute atomic E-state index is 14.6. The lowest BCUT2D eigenvalue weighted by molar-refractivity contribution is 0.100. The second kappa shape index (κ2) is 7.04. The maximum Gasteiger partial charge on any atom is 0.248 e. The molecule has 6 nitrogen and oxygen atoms in total. The highest BCUT2D eigenvalue weighted by Gasteiger charge is 2.19. The Kier molecular flexibility index (Phi) is 4.21. The molecule has 0 saturated heterocycles. The number of benzene rings is 3. The van der Waals surface area contributed by atoms with Crippen LogP contribution in [0.3, 0.4) is 0 Å². The Morgan fingerprint density at radius 2 is 1.67 bits per heavy atom. The predicted octanol–water partition coefficient (Wildman–Crippen LogP) is 4.17. The molecule has 1 amide bonds. The number of rotatable bonds is 4. The van der Waals surface area contributed by atoms with Crippen molar-refractivity contribution in [1.82, 2.24) is 9.78 Å². The monoisotopic (exact) mass is 401 g/mol. The maximum atomic E-state index is 14.6. The summed E-state index contributed by atoms with van der Waals surface area (Å²) in [6, 6.07) is 20.6. The van der Waals surface area contributed by atoms with E-state index in [-0.39, 0.29) is 6.79 Å². The van der Waals surface area contributed by atoms with Gasteiger partial charge in [0, 0.05) is 16.7 Å². The normalized spacial score (nSPS) is 12.2. The number of fused-ring (bicyclic) bond motifs is 1. The van der Waals surface area contributed by atoms with Gasteiger partial charge in [0.25, 0.3) is 0 Å². The first kappa shape index (κ1) is 17.9. The number of primary amides is 1. The third-order valence-electron chi connectivity index (χ3n) is 4.92. The molecule has 0 fully saturated rings. The van der Waals surface area contributed by atoms with E-state index in [9.17, 15) is 9.18 Å². The molecule has 0 aliphatic carbocycles. The predicted molar refractivity (Wildman–Crippen MR) is 109 cm³/mol. The number of hydrogen-bond acceptors (Lipinski definition) is 4. The van der Waals surface area contributed by atoms with Gasteiger partial charge in [0.05, 0.1) is 11.4 Å². The van der Waals surface area contributed by atoms with Crippen LogP contribution in [0.1, 0.15) is 10.4 Å². The van der Waals surface area contributed by atoms with E-state index in [4.69, 9.17) is 15.2 Å². The highest BCUT2D eigenvalue weighted by atomic mass is 19.1. The number of halogens is 1. The number of amides is 1. The molecule has 0 atom stereocenters. The molecule has 0 unspecified atom stereocenters.